The molecule has 0 radical (unpaired) electrons. The lowest BCUT2D eigenvalue weighted by Crippen LogP contribution is -2.40. The fourth-order valence-corrected chi connectivity index (χ4v) is 2.25. The normalized spacial score (nSPS) is 27.4. The summed E-state index contributed by atoms with van der Waals surface area (Å²) in [5.74, 6) is 0. The Morgan fingerprint density at radius 1 is 1.41 bits per heavy atom. The third-order valence-electron chi connectivity index (χ3n) is 3.52. The van der Waals surface area contributed by atoms with E-state index in [1.54, 1.807) is 0 Å². The van der Waals surface area contributed by atoms with Gasteiger partial charge in [0.25, 0.3) is 0 Å². The van der Waals surface area contributed by atoms with E-state index in [2.05, 4.69) is 25.9 Å². The minimum atomic E-state index is -0.818. The first-order valence-electron chi connectivity index (χ1n) is 6.25. The van der Waals surface area contributed by atoms with E-state index in [1.807, 2.05) is 29.0 Å². The summed E-state index contributed by atoms with van der Waals surface area (Å²) in [4.78, 5) is 2.04. The molecule has 2 atom stereocenters. The van der Waals surface area contributed by atoms with Crippen LogP contribution in [0.3, 0.4) is 0 Å². The standard InChI is InChI=1S/C13H22FN3/c1-13(2,3)10-7-15-17(8-10)12-5-6-16(4)9-11(12)14/h7-8,11-12H,5-6,9H2,1-4H3. The smallest absolute Gasteiger partial charge is 0.135 e. The van der Waals surface area contributed by atoms with Crippen molar-refractivity contribution in [3.8, 4) is 0 Å². The molecule has 1 aromatic heterocycles. The second-order valence-corrected chi connectivity index (χ2v) is 6.09. The summed E-state index contributed by atoms with van der Waals surface area (Å²) >= 11 is 0. The van der Waals surface area contributed by atoms with Gasteiger partial charge >= 0.3 is 0 Å². The quantitative estimate of drug-likeness (QED) is 0.750. The molecule has 0 amide bonds. The van der Waals surface area contributed by atoms with Crippen LogP contribution in [0.2, 0.25) is 0 Å². The van der Waals surface area contributed by atoms with Gasteiger partial charge in [0.05, 0.1) is 12.2 Å². The fourth-order valence-electron chi connectivity index (χ4n) is 2.25. The zero-order valence-corrected chi connectivity index (χ0v) is 11.2. The van der Waals surface area contributed by atoms with E-state index in [0.717, 1.165) is 13.0 Å². The Hall–Kier alpha value is -0.900. The highest BCUT2D eigenvalue weighted by molar-refractivity contribution is 5.15. The number of likely N-dealkylation sites (tertiary alicyclic amines) is 1. The van der Waals surface area contributed by atoms with Gasteiger partial charge in [0.15, 0.2) is 0 Å². The zero-order valence-electron chi connectivity index (χ0n) is 11.2. The summed E-state index contributed by atoms with van der Waals surface area (Å²) in [5, 5.41) is 4.34. The lowest BCUT2D eigenvalue weighted by Gasteiger charge is -2.32. The molecule has 0 spiro atoms. The summed E-state index contributed by atoms with van der Waals surface area (Å²) in [6.07, 6.45) is 3.89. The predicted octanol–water partition coefficient (Wildman–Crippen LogP) is 2.40. The molecule has 1 fully saturated rings. The maximum absolute atomic E-state index is 14.0. The van der Waals surface area contributed by atoms with Crippen molar-refractivity contribution in [2.75, 3.05) is 20.1 Å². The molecule has 0 aromatic carbocycles. The highest BCUT2D eigenvalue weighted by Gasteiger charge is 2.30. The summed E-state index contributed by atoms with van der Waals surface area (Å²) in [6.45, 7) is 7.90. The van der Waals surface area contributed by atoms with E-state index in [1.165, 1.54) is 5.56 Å². The Morgan fingerprint density at radius 3 is 2.65 bits per heavy atom. The summed E-state index contributed by atoms with van der Waals surface area (Å²) < 4.78 is 15.8. The van der Waals surface area contributed by atoms with Crippen molar-refractivity contribution in [1.82, 2.24) is 14.7 Å². The molecule has 0 bridgehead atoms. The monoisotopic (exact) mass is 239 g/mol. The van der Waals surface area contributed by atoms with Gasteiger partial charge in [-0.15, -0.1) is 0 Å². The second-order valence-electron chi connectivity index (χ2n) is 6.09. The summed E-state index contributed by atoms with van der Waals surface area (Å²) in [5.41, 5.74) is 1.25. The predicted molar refractivity (Wildman–Crippen MR) is 67.0 cm³/mol. The number of halogens is 1. The molecule has 17 heavy (non-hydrogen) atoms. The van der Waals surface area contributed by atoms with E-state index in [9.17, 15) is 4.39 Å². The third kappa shape index (κ3) is 2.68. The van der Waals surface area contributed by atoms with Crippen LogP contribution >= 0.6 is 0 Å². The number of hydrogen-bond donors (Lipinski definition) is 0. The van der Waals surface area contributed by atoms with E-state index in [0.29, 0.717) is 6.54 Å². The Kier molecular flexibility index (Phi) is 3.25. The van der Waals surface area contributed by atoms with Crippen LogP contribution in [-0.2, 0) is 5.41 Å². The van der Waals surface area contributed by atoms with Gasteiger partial charge < -0.3 is 4.90 Å². The molecular formula is C13H22FN3. The first-order chi connectivity index (χ1) is 7.88. The third-order valence-corrected chi connectivity index (χ3v) is 3.52. The molecule has 4 heteroatoms. The van der Waals surface area contributed by atoms with Crippen molar-refractivity contribution in [3.05, 3.63) is 18.0 Å². The first-order valence-corrected chi connectivity index (χ1v) is 6.25. The number of hydrogen-bond acceptors (Lipinski definition) is 2. The van der Waals surface area contributed by atoms with Crippen LogP contribution in [0.15, 0.2) is 12.4 Å². The maximum Gasteiger partial charge on any atom is 0.135 e. The van der Waals surface area contributed by atoms with Crippen molar-refractivity contribution < 1.29 is 4.39 Å². The van der Waals surface area contributed by atoms with Crippen LogP contribution in [0.25, 0.3) is 0 Å². The molecule has 1 saturated heterocycles. The Labute approximate surface area is 103 Å². The second kappa shape index (κ2) is 4.41. The van der Waals surface area contributed by atoms with E-state index in [-0.39, 0.29) is 11.5 Å². The van der Waals surface area contributed by atoms with Crippen LogP contribution in [0, 0.1) is 0 Å². The molecule has 2 unspecified atom stereocenters. The molecule has 3 nitrogen and oxygen atoms in total. The Bertz CT molecular complexity index is 380. The van der Waals surface area contributed by atoms with Gasteiger partial charge in [-0.2, -0.15) is 5.10 Å². The average Bonchev–Trinajstić information content (AvgIpc) is 2.65. The number of piperidine rings is 1. The molecule has 1 aliphatic rings. The van der Waals surface area contributed by atoms with Gasteiger partial charge in [-0.3, -0.25) is 4.68 Å². The number of aromatic nitrogens is 2. The van der Waals surface area contributed by atoms with Crippen LogP contribution in [0.5, 0.6) is 0 Å². The van der Waals surface area contributed by atoms with E-state index >= 15 is 0 Å². The van der Waals surface area contributed by atoms with Crippen molar-refractivity contribution in [2.24, 2.45) is 0 Å². The molecule has 0 aliphatic carbocycles. The summed E-state index contributed by atoms with van der Waals surface area (Å²) in [7, 11) is 1.96. The molecule has 1 aromatic rings. The van der Waals surface area contributed by atoms with E-state index in [4.69, 9.17) is 0 Å². The lowest BCUT2D eigenvalue weighted by molar-refractivity contribution is 0.100. The zero-order chi connectivity index (χ0) is 12.6. The largest absolute Gasteiger partial charge is 0.303 e. The lowest BCUT2D eigenvalue weighted by atomic mass is 9.90. The highest BCUT2D eigenvalue weighted by Crippen LogP contribution is 2.27. The average molecular weight is 239 g/mol. The van der Waals surface area contributed by atoms with Crippen LogP contribution in [0.1, 0.15) is 38.8 Å². The van der Waals surface area contributed by atoms with Gasteiger partial charge in [-0.1, -0.05) is 20.8 Å². The minimum absolute atomic E-state index is 0.0789. The maximum atomic E-state index is 14.0. The molecule has 2 rings (SSSR count). The SMILES string of the molecule is CN1CCC(n2cc(C(C)(C)C)cn2)C(F)C1. The van der Waals surface area contributed by atoms with Crippen molar-refractivity contribution in [1.29, 1.82) is 0 Å². The summed E-state index contributed by atoms with van der Waals surface area (Å²) in [6, 6.07) is -0.0951. The van der Waals surface area contributed by atoms with E-state index < -0.39 is 6.17 Å². The number of alkyl halides is 1. The Morgan fingerprint density at radius 2 is 2.12 bits per heavy atom. The fraction of sp³-hybridized carbons (Fsp3) is 0.769. The topological polar surface area (TPSA) is 21.1 Å². The van der Waals surface area contributed by atoms with Crippen molar-refractivity contribution in [2.45, 2.75) is 44.8 Å². The molecule has 96 valence electrons. The van der Waals surface area contributed by atoms with Crippen LogP contribution in [-0.4, -0.2) is 41.0 Å². The minimum Gasteiger partial charge on any atom is -0.303 e. The first kappa shape index (κ1) is 12.6. The van der Waals surface area contributed by atoms with Gasteiger partial charge in [0.2, 0.25) is 0 Å². The molecule has 2 heterocycles. The molecule has 0 saturated carbocycles. The molecule has 1 aliphatic heterocycles. The number of rotatable bonds is 1. The molecular weight excluding hydrogens is 217 g/mol. The van der Waals surface area contributed by atoms with Crippen molar-refractivity contribution in [3.63, 3.8) is 0 Å². The Balaban J connectivity index is 2.15. The highest BCUT2D eigenvalue weighted by atomic mass is 19.1. The van der Waals surface area contributed by atoms with Gasteiger partial charge in [0, 0.05) is 19.3 Å². The van der Waals surface area contributed by atoms with Gasteiger partial charge in [-0.05, 0) is 24.4 Å². The van der Waals surface area contributed by atoms with Gasteiger partial charge in [-0.25, -0.2) is 4.39 Å². The number of nitrogens with zero attached hydrogens (tertiary/aromatic N) is 3. The van der Waals surface area contributed by atoms with Crippen LogP contribution in [0.4, 0.5) is 4.39 Å². The van der Waals surface area contributed by atoms with Crippen LogP contribution < -0.4 is 0 Å². The van der Waals surface area contributed by atoms with Crippen molar-refractivity contribution >= 4 is 0 Å². The van der Waals surface area contributed by atoms with Gasteiger partial charge in [0.1, 0.15) is 6.17 Å². The molecule has 0 N–H and O–H groups in total.